The number of hydrogen-bond acceptors (Lipinski definition) is 6. The maximum absolute atomic E-state index is 5.75. The largest absolute Gasteiger partial charge is 0.487 e. The summed E-state index contributed by atoms with van der Waals surface area (Å²) in [7, 11) is 0. The monoisotopic (exact) mass is 281 g/mol. The summed E-state index contributed by atoms with van der Waals surface area (Å²) in [6.07, 6.45) is 3.89. The Hall–Kier alpha value is -1.76. The predicted octanol–water partition coefficient (Wildman–Crippen LogP) is 2.20. The summed E-state index contributed by atoms with van der Waals surface area (Å²) in [5.74, 6) is 1.13. The first-order chi connectivity index (χ1) is 9.22. The molecule has 7 heteroatoms. The molecule has 0 unspecified atom stereocenters. The molecule has 0 aromatic carbocycles. The molecule has 0 spiro atoms. The standard InChI is InChI=1S/C12H19N5OS/c1-3-18-10-11(13)17-19-12(10)14-6-4-5-9-7-15-16-8(9)2/h7,14H,3-6H2,1-2H3,(H2,13,17)(H,15,16). The molecule has 2 aromatic rings. The van der Waals surface area contributed by atoms with Crippen LogP contribution in [0.5, 0.6) is 5.75 Å². The van der Waals surface area contributed by atoms with Gasteiger partial charge in [0, 0.05) is 12.2 Å². The van der Waals surface area contributed by atoms with E-state index in [0.717, 1.165) is 30.1 Å². The summed E-state index contributed by atoms with van der Waals surface area (Å²) in [6, 6.07) is 0. The van der Waals surface area contributed by atoms with Crippen molar-refractivity contribution in [3.63, 3.8) is 0 Å². The zero-order chi connectivity index (χ0) is 13.7. The third-order valence-corrected chi connectivity index (χ3v) is 3.61. The molecule has 6 nitrogen and oxygen atoms in total. The molecule has 4 N–H and O–H groups in total. The minimum absolute atomic E-state index is 0.458. The van der Waals surface area contributed by atoms with Crippen molar-refractivity contribution < 1.29 is 4.74 Å². The molecule has 104 valence electrons. The van der Waals surface area contributed by atoms with E-state index in [1.165, 1.54) is 17.1 Å². The topological polar surface area (TPSA) is 88.8 Å². The molecule has 2 aromatic heterocycles. The van der Waals surface area contributed by atoms with E-state index in [1.54, 1.807) is 0 Å². The molecule has 0 amide bonds. The summed E-state index contributed by atoms with van der Waals surface area (Å²) in [4.78, 5) is 0. The molecule has 0 fully saturated rings. The van der Waals surface area contributed by atoms with Crippen LogP contribution in [0, 0.1) is 6.92 Å². The molecule has 0 radical (unpaired) electrons. The molecule has 0 aliphatic heterocycles. The van der Waals surface area contributed by atoms with Crippen molar-refractivity contribution >= 4 is 22.4 Å². The molecule has 0 saturated carbocycles. The number of nitrogens with one attached hydrogen (secondary N) is 2. The van der Waals surface area contributed by atoms with Crippen LogP contribution in [0.25, 0.3) is 0 Å². The van der Waals surface area contributed by atoms with Gasteiger partial charge in [-0.25, -0.2) is 0 Å². The van der Waals surface area contributed by atoms with Crippen LogP contribution < -0.4 is 15.8 Å². The van der Waals surface area contributed by atoms with E-state index in [1.807, 2.05) is 20.0 Å². The molecule has 19 heavy (non-hydrogen) atoms. The van der Waals surface area contributed by atoms with Gasteiger partial charge in [0.25, 0.3) is 0 Å². The van der Waals surface area contributed by atoms with Gasteiger partial charge in [-0.3, -0.25) is 5.10 Å². The van der Waals surface area contributed by atoms with Crippen molar-refractivity contribution in [3.8, 4) is 5.75 Å². The van der Waals surface area contributed by atoms with Crippen LogP contribution in [0.2, 0.25) is 0 Å². The van der Waals surface area contributed by atoms with Gasteiger partial charge in [0.1, 0.15) is 0 Å². The molecular weight excluding hydrogens is 262 g/mol. The summed E-state index contributed by atoms with van der Waals surface area (Å²) in [5, 5.41) is 11.2. The number of aromatic nitrogens is 3. The lowest BCUT2D eigenvalue weighted by molar-refractivity contribution is 0.344. The quantitative estimate of drug-likeness (QED) is 0.677. The van der Waals surface area contributed by atoms with Crippen LogP contribution in [0.15, 0.2) is 6.20 Å². The zero-order valence-electron chi connectivity index (χ0n) is 11.2. The molecule has 2 heterocycles. The molecular formula is C12H19N5OS. The van der Waals surface area contributed by atoms with Crippen LogP contribution in [0.1, 0.15) is 24.6 Å². The van der Waals surface area contributed by atoms with Crippen molar-refractivity contribution in [3.05, 3.63) is 17.5 Å². The number of H-pyrrole nitrogens is 1. The van der Waals surface area contributed by atoms with Gasteiger partial charge >= 0.3 is 0 Å². The van der Waals surface area contributed by atoms with Gasteiger partial charge < -0.3 is 15.8 Å². The fraction of sp³-hybridized carbons (Fsp3) is 0.500. The number of anilines is 2. The Balaban J connectivity index is 1.81. The third kappa shape index (κ3) is 3.37. The number of nitrogens with zero attached hydrogens (tertiary/aromatic N) is 2. The minimum Gasteiger partial charge on any atom is -0.487 e. The maximum atomic E-state index is 5.75. The summed E-state index contributed by atoms with van der Waals surface area (Å²) >= 11 is 1.34. The minimum atomic E-state index is 0.458. The van der Waals surface area contributed by atoms with Gasteiger partial charge in [-0.1, -0.05) is 0 Å². The Labute approximate surface area is 116 Å². The number of rotatable bonds is 7. The second-order valence-electron chi connectivity index (χ2n) is 4.21. The van der Waals surface area contributed by atoms with Crippen LogP contribution in [0.3, 0.4) is 0 Å². The highest BCUT2D eigenvalue weighted by atomic mass is 32.1. The lowest BCUT2D eigenvalue weighted by Gasteiger charge is -2.07. The first-order valence-electron chi connectivity index (χ1n) is 6.33. The van der Waals surface area contributed by atoms with Gasteiger partial charge in [0.15, 0.2) is 16.6 Å². The maximum Gasteiger partial charge on any atom is 0.197 e. The van der Waals surface area contributed by atoms with Crippen molar-refractivity contribution in [1.82, 2.24) is 14.6 Å². The molecule has 0 aliphatic carbocycles. The van der Waals surface area contributed by atoms with Gasteiger partial charge in [-0.2, -0.15) is 9.47 Å². The average Bonchev–Trinajstić information content (AvgIpc) is 2.95. The van der Waals surface area contributed by atoms with Crippen molar-refractivity contribution in [1.29, 1.82) is 0 Å². The second-order valence-corrected chi connectivity index (χ2v) is 4.98. The first kappa shape index (κ1) is 13.7. The van der Waals surface area contributed by atoms with Crippen LogP contribution in [-0.2, 0) is 6.42 Å². The Morgan fingerprint density at radius 3 is 3.05 bits per heavy atom. The van der Waals surface area contributed by atoms with E-state index in [-0.39, 0.29) is 0 Å². The average molecular weight is 281 g/mol. The third-order valence-electron chi connectivity index (χ3n) is 2.81. The van der Waals surface area contributed by atoms with Crippen molar-refractivity contribution in [2.75, 3.05) is 24.2 Å². The smallest absolute Gasteiger partial charge is 0.197 e. The fourth-order valence-corrected chi connectivity index (χ4v) is 2.48. The summed E-state index contributed by atoms with van der Waals surface area (Å²) in [5.41, 5.74) is 8.15. The van der Waals surface area contributed by atoms with Crippen LogP contribution >= 0.6 is 11.5 Å². The van der Waals surface area contributed by atoms with E-state index >= 15 is 0 Å². The van der Waals surface area contributed by atoms with E-state index in [4.69, 9.17) is 10.5 Å². The van der Waals surface area contributed by atoms with Gasteiger partial charge in [-0.15, -0.1) is 0 Å². The van der Waals surface area contributed by atoms with Gasteiger partial charge in [0.2, 0.25) is 0 Å². The number of nitrogen functional groups attached to an aromatic ring is 1. The van der Waals surface area contributed by atoms with E-state index in [9.17, 15) is 0 Å². The Kier molecular flexibility index (Phi) is 4.62. The number of aromatic amines is 1. The number of ether oxygens (including phenoxy) is 1. The molecule has 0 aliphatic rings. The van der Waals surface area contributed by atoms with Crippen molar-refractivity contribution in [2.24, 2.45) is 0 Å². The van der Waals surface area contributed by atoms with E-state index in [2.05, 4.69) is 19.9 Å². The SMILES string of the molecule is CCOc1c(N)nsc1NCCCc1cn[nH]c1C. The van der Waals surface area contributed by atoms with Crippen molar-refractivity contribution in [2.45, 2.75) is 26.7 Å². The van der Waals surface area contributed by atoms with Gasteiger partial charge in [-0.05, 0) is 43.8 Å². The van der Waals surface area contributed by atoms with Crippen LogP contribution in [-0.4, -0.2) is 27.7 Å². The number of hydrogen-bond donors (Lipinski definition) is 3. The zero-order valence-corrected chi connectivity index (χ0v) is 12.0. The Bertz CT molecular complexity index is 522. The predicted molar refractivity (Wildman–Crippen MR) is 77.8 cm³/mol. The number of aryl methyl sites for hydroxylation is 2. The number of nitrogens with two attached hydrogens (primary N) is 1. The lowest BCUT2D eigenvalue weighted by Crippen LogP contribution is -2.04. The highest BCUT2D eigenvalue weighted by molar-refractivity contribution is 7.11. The Morgan fingerprint density at radius 2 is 2.37 bits per heavy atom. The van der Waals surface area contributed by atoms with E-state index < -0.39 is 0 Å². The highest BCUT2D eigenvalue weighted by Crippen LogP contribution is 2.34. The molecule has 0 bridgehead atoms. The molecule has 0 saturated heterocycles. The first-order valence-corrected chi connectivity index (χ1v) is 7.10. The fourth-order valence-electron chi connectivity index (χ4n) is 1.80. The van der Waals surface area contributed by atoms with Gasteiger partial charge in [0.05, 0.1) is 12.8 Å². The highest BCUT2D eigenvalue weighted by Gasteiger charge is 2.11. The van der Waals surface area contributed by atoms with E-state index in [0.29, 0.717) is 18.2 Å². The second kappa shape index (κ2) is 6.42. The normalized spacial score (nSPS) is 10.6. The van der Waals surface area contributed by atoms with Crippen LogP contribution in [0.4, 0.5) is 10.8 Å². The summed E-state index contributed by atoms with van der Waals surface area (Å²) in [6.45, 7) is 5.41. The lowest BCUT2D eigenvalue weighted by atomic mass is 10.1. The molecule has 2 rings (SSSR count). The Morgan fingerprint density at radius 1 is 1.53 bits per heavy atom. The molecule has 0 atom stereocenters. The summed E-state index contributed by atoms with van der Waals surface area (Å²) < 4.78 is 9.57.